The van der Waals surface area contributed by atoms with Crippen molar-refractivity contribution in [3.63, 3.8) is 0 Å². The first-order valence-electron chi connectivity index (χ1n) is 6.61. The van der Waals surface area contributed by atoms with Crippen molar-refractivity contribution in [1.29, 1.82) is 0 Å². The fourth-order valence-electron chi connectivity index (χ4n) is 1.75. The van der Waals surface area contributed by atoms with Crippen molar-refractivity contribution in [3.05, 3.63) is 53.1 Å². The lowest BCUT2D eigenvalue weighted by atomic mass is 10.2. The summed E-state index contributed by atoms with van der Waals surface area (Å²) < 4.78 is 10.3. The van der Waals surface area contributed by atoms with Gasteiger partial charge in [-0.15, -0.1) is 0 Å². The van der Waals surface area contributed by atoms with E-state index in [1.807, 2.05) is 0 Å². The second kappa shape index (κ2) is 8.05. The SMILES string of the molecule is COc1ccc(OC)c(/C=N\OC(=O)Nc2ccc(Cl)cc2)c1. The molecule has 2 rings (SSSR count). The molecule has 0 aliphatic rings. The van der Waals surface area contributed by atoms with Crippen LogP contribution in [0.2, 0.25) is 5.02 Å². The number of carbonyl (C=O) groups excluding carboxylic acids is 1. The largest absolute Gasteiger partial charge is 0.497 e. The standard InChI is InChI=1S/C16H15ClN2O4/c1-21-14-7-8-15(22-2)11(9-14)10-18-23-16(20)19-13-5-3-12(17)4-6-13/h3-10H,1-2H3,(H,19,20)/b18-10-. The van der Waals surface area contributed by atoms with E-state index in [1.165, 1.54) is 13.3 Å². The molecule has 0 heterocycles. The molecule has 1 amide bonds. The summed E-state index contributed by atoms with van der Waals surface area (Å²) in [6.45, 7) is 0. The normalized spacial score (nSPS) is 10.4. The van der Waals surface area contributed by atoms with E-state index in [1.54, 1.807) is 49.6 Å². The van der Waals surface area contributed by atoms with E-state index in [9.17, 15) is 4.79 Å². The lowest BCUT2D eigenvalue weighted by molar-refractivity contribution is 0.167. The highest BCUT2D eigenvalue weighted by Gasteiger charge is 2.05. The molecule has 7 heteroatoms. The van der Waals surface area contributed by atoms with Crippen molar-refractivity contribution in [1.82, 2.24) is 0 Å². The van der Waals surface area contributed by atoms with Crippen LogP contribution in [0.25, 0.3) is 0 Å². The predicted molar refractivity (Wildman–Crippen MR) is 88.7 cm³/mol. The van der Waals surface area contributed by atoms with Crippen LogP contribution in [0.3, 0.4) is 0 Å². The molecule has 0 aromatic heterocycles. The molecular formula is C16H15ClN2O4. The number of carbonyl (C=O) groups is 1. The Hall–Kier alpha value is -2.73. The molecule has 2 aromatic rings. The van der Waals surface area contributed by atoms with Gasteiger partial charge in [0.05, 0.1) is 20.4 Å². The maximum Gasteiger partial charge on any atom is 0.437 e. The zero-order chi connectivity index (χ0) is 16.7. The van der Waals surface area contributed by atoms with Crippen molar-refractivity contribution in [3.8, 4) is 11.5 Å². The number of halogens is 1. The van der Waals surface area contributed by atoms with Crippen molar-refractivity contribution in [2.45, 2.75) is 0 Å². The van der Waals surface area contributed by atoms with E-state index >= 15 is 0 Å². The third-order valence-corrected chi connectivity index (χ3v) is 3.11. The Labute approximate surface area is 138 Å². The van der Waals surface area contributed by atoms with E-state index < -0.39 is 6.09 Å². The number of rotatable bonds is 5. The average molecular weight is 335 g/mol. The lowest BCUT2D eigenvalue weighted by Crippen LogP contribution is -2.10. The topological polar surface area (TPSA) is 69.1 Å². The first kappa shape index (κ1) is 16.6. The first-order chi connectivity index (χ1) is 11.1. The number of hydrogen-bond donors (Lipinski definition) is 1. The van der Waals surface area contributed by atoms with Gasteiger partial charge in [-0.1, -0.05) is 16.8 Å². The molecule has 0 radical (unpaired) electrons. The minimum Gasteiger partial charge on any atom is -0.497 e. The van der Waals surface area contributed by atoms with Crippen LogP contribution < -0.4 is 14.8 Å². The molecule has 0 unspecified atom stereocenters. The third-order valence-electron chi connectivity index (χ3n) is 2.85. The van der Waals surface area contributed by atoms with Gasteiger partial charge >= 0.3 is 6.09 Å². The predicted octanol–water partition coefficient (Wildman–Crippen LogP) is 3.94. The fraction of sp³-hybridized carbons (Fsp3) is 0.125. The average Bonchev–Trinajstić information content (AvgIpc) is 2.57. The third kappa shape index (κ3) is 4.89. The molecule has 1 N–H and O–H groups in total. The Kier molecular flexibility index (Phi) is 5.82. The van der Waals surface area contributed by atoms with Crippen LogP contribution in [0.5, 0.6) is 11.5 Å². The van der Waals surface area contributed by atoms with E-state index in [0.717, 1.165) is 0 Å². The molecular weight excluding hydrogens is 320 g/mol. The van der Waals surface area contributed by atoms with Crippen LogP contribution in [0.1, 0.15) is 5.56 Å². The van der Waals surface area contributed by atoms with Gasteiger partial charge in [0.25, 0.3) is 0 Å². The molecule has 0 bridgehead atoms. The summed E-state index contributed by atoms with van der Waals surface area (Å²) in [6.07, 6.45) is 0.647. The van der Waals surface area contributed by atoms with Gasteiger partial charge in [-0.25, -0.2) is 4.79 Å². The van der Waals surface area contributed by atoms with Gasteiger partial charge < -0.3 is 9.47 Å². The van der Waals surface area contributed by atoms with Gasteiger partial charge in [0, 0.05) is 16.3 Å². The van der Waals surface area contributed by atoms with Gasteiger partial charge in [-0.05, 0) is 42.5 Å². The smallest absolute Gasteiger partial charge is 0.437 e. The summed E-state index contributed by atoms with van der Waals surface area (Å²) in [6, 6.07) is 11.8. The summed E-state index contributed by atoms with van der Waals surface area (Å²) in [7, 11) is 3.09. The fourth-order valence-corrected chi connectivity index (χ4v) is 1.87. The number of oxime groups is 1. The van der Waals surface area contributed by atoms with Crippen molar-refractivity contribution >= 4 is 29.6 Å². The van der Waals surface area contributed by atoms with E-state index in [2.05, 4.69) is 10.5 Å². The maximum atomic E-state index is 11.6. The molecule has 23 heavy (non-hydrogen) atoms. The van der Waals surface area contributed by atoms with Gasteiger partial charge in [0.15, 0.2) is 0 Å². The minimum atomic E-state index is -0.717. The highest BCUT2D eigenvalue weighted by Crippen LogP contribution is 2.22. The number of amides is 1. The van der Waals surface area contributed by atoms with E-state index in [4.69, 9.17) is 25.9 Å². The van der Waals surface area contributed by atoms with Gasteiger partial charge in [-0.3, -0.25) is 10.2 Å². The minimum absolute atomic E-state index is 0.550. The summed E-state index contributed by atoms with van der Waals surface area (Å²) >= 11 is 5.76. The highest BCUT2D eigenvalue weighted by atomic mass is 35.5. The molecule has 0 saturated carbocycles. The number of methoxy groups -OCH3 is 2. The number of ether oxygens (including phenoxy) is 2. The van der Waals surface area contributed by atoms with Crippen LogP contribution in [0.15, 0.2) is 47.6 Å². The van der Waals surface area contributed by atoms with E-state index in [0.29, 0.717) is 27.8 Å². The zero-order valence-corrected chi connectivity index (χ0v) is 13.3. The van der Waals surface area contributed by atoms with Gasteiger partial charge in [0.1, 0.15) is 11.5 Å². The van der Waals surface area contributed by atoms with Crippen LogP contribution in [-0.4, -0.2) is 26.5 Å². The van der Waals surface area contributed by atoms with Crippen molar-refractivity contribution in [2.75, 3.05) is 19.5 Å². The molecule has 0 spiro atoms. The Morgan fingerprint density at radius 2 is 1.87 bits per heavy atom. The lowest BCUT2D eigenvalue weighted by Gasteiger charge is -2.06. The summed E-state index contributed by atoms with van der Waals surface area (Å²) in [5, 5.41) is 6.73. The second-order valence-corrected chi connectivity index (χ2v) is 4.79. The van der Waals surface area contributed by atoms with Crippen LogP contribution in [0.4, 0.5) is 10.5 Å². The number of nitrogens with one attached hydrogen (secondary N) is 1. The summed E-state index contributed by atoms with van der Waals surface area (Å²) in [5.41, 5.74) is 1.17. The number of anilines is 1. The summed E-state index contributed by atoms with van der Waals surface area (Å²) in [4.78, 5) is 16.4. The molecule has 0 atom stereocenters. The Morgan fingerprint density at radius 3 is 2.52 bits per heavy atom. The quantitative estimate of drug-likeness (QED) is 0.511. The highest BCUT2D eigenvalue weighted by molar-refractivity contribution is 6.30. The maximum absolute atomic E-state index is 11.6. The molecule has 120 valence electrons. The number of benzene rings is 2. The number of nitrogens with zero attached hydrogens (tertiary/aromatic N) is 1. The Balaban J connectivity index is 1.98. The Bertz CT molecular complexity index is 702. The van der Waals surface area contributed by atoms with Crippen LogP contribution in [0, 0.1) is 0 Å². The first-order valence-corrected chi connectivity index (χ1v) is 6.99. The molecule has 0 saturated heterocycles. The van der Waals surface area contributed by atoms with Crippen molar-refractivity contribution in [2.24, 2.45) is 5.16 Å². The molecule has 2 aromatic carbocycles. The van der Waals surface area contributed by atoms with Gasteiger partial charge in [-0.2, -0.15) is 0 Å². The van der Waals surface area contributed by atoms with Crippen LogP contribution >= 0.6 is 11.6 Å². The second-order valence-electron chi connectivity index (χ2n) is 4.35. The monoisotopic (exact) mass is 334 g/mol. The molecule has 0 aliphatic heterocycles. The molecule has 0 fully saturated rings. The van der Waals surface area contributed by atoms with Crippen LogP contribution in [-0.2, 0) is 4.84 Å². The van der Waals surface area contributed by atoms with Crippen molar-refractivity contribution < 1.29 is 19.1 Å². The summed E-state index contributed by atoms with van der Waals surface area (Å²) in [5.74, 6) is 1.22. The zero-order valence-electron chi connectivity index (χ0n) is 12.6. The van der Waals surface area contributed by atoms with E-state index in [-0.39, 0.29) is 0 Å². The molecule has 6 nitrogen and oxygen atoms in total. The van der Waals surface area contributed by atoms with Gasteiger partial charge in [0.2, 0.25) is 0 Å². The molecule has 0 aliphatic carbocycles. The Morgan fingerprint density at radius 1 is 1.13 bits per heavy atom. The number of hydrogen-bond acceptors (Lipinski definition) is 5.